The van der Waals surface area contributed by atoms with Gasteiger partial charge in [0.1, 0.15) is 17.8 Å². The number of halogens is 1. The first-order valence-corrected chi connectivity index (χ1v) is 30.1. The number of aliphatic hydroxyl groups excluding tert-OH is 1. The third-order valence-corrected chi connectivity index (χ3v) is 17.8. The number of ether oxygens (including phenoxy) is 3. The number of para-hydroxylation sites is 1. The molecule has 0 bridgehead atoms. The van der Waals surface area contributed by atoms with Gasteiger partial charge in [-0.3, -0.25) is 24.5 Å². The number of β-amino-alcohol motifs (C(OH)–C–C–N with tert-alkyl or cyclic N) is 1. The molecule has 3 aromatic heterocycles. The van der Waals surface area contributed by atoms with Crippen molar-refractivity contribution in [3.8, 4) is 16.2 Å². The number of likely N-dealkylation sites (tertiary alicyclic amines) is 1. The van der Waals surface area contributed by atoms with Crippen LogP contribution in [0.5, 0.6) is 5.75 Å². The van der Waals surface area contributed by atoms with Gasteiger partial charge >= 0.3 is 5.97 Å². The van der Waals surface area contributed by atoms with E-state index in [1.807, 2.05) is 124 Å². The SMILES string of the molecule is Cc1ncsc1-c1ccc([C@H](C)NC(=O)[C@@H]2C[C@@H](O)CN2C(=O)[C@@H](NC(=O)CCOCCOCc2cc(Br)ccc2OCCCc2sc(N3CCc4cccc(C(=O)Nc5nc6ccccc6s5)c4C3)nc2C(=O)O)C(C)(C)C)cc1. The summed E-state index contributed by atoms with van der Waals surface area (Å²) in [4.78, 5) is 85.9. The number of aliphatic hydroxyl groups is 1. The van der Waals surface area contributed by atoms with Crippen LogP contribution < -0.4 is 25.6 Å². The fourth-order valence-corrected chi connectivity index (χ4v) is 13.1. The van der Waals surface area contributed by atoms with Gasteiger partial charge in [-0.2, -0.15) is 0 Å². The van der Waals surface area contributed by atoms with E-state index in [-0.39, 0.29) is 69.4 Å². The first-order valence-electron chi connectivity index (χ1n) is 26.8. The summed E-state index contributed by atoms with van der Waals surface area (Å²) in [6, 6.07) is 24.7. The number of hydrogen-bond acceptors (Lipinski definition) is 16. The van der Waals surface area contributed by atoms with Crippen LogP contribution in [0.1, 0.15) is 107 Å². The molecule has 0 aliphatic carbocycles. The smallest absolute Gasteiger partial charge is 0.355 e. The van der Waals surface area contributed by atoms with Crippen LogP contribution in [0.3, 0.4) is 0 Å². The van der Waals surface area contributed by atoms with Gasteiger partial charge in [0.25, 0.3) is 5.91 Å². The van der Waals surface area contributed by atoms with Crippen molar-refractivity contribution in [2.24, 2.45) is 5.41 Å². The number of nitrogens with zero attached hydrogens (tertiary/aromatic N) is 5. The Morgan fingerprint density at radius 3 is 2.46 bits per heavy atom. The van der Waals surface area contributed by atoms with E-state index in [9.17, 15) is 34.2 Å². The molecule has 81 heavy (non-hydrogen) atoms. The topological polar surface area (TPSA) is 235 Å². The quantitative estimate of drug-likeness (QED) is 0.0375. The van der Waals surface area contributed by atoms with Gasteiger partial charge in [0, 0.05) is 53.0 Å². The number of aromatic carboxylic acids is 1. The minimum atomic E-state index is -1.10. The minimum Gasteiger partial charge on any atom is -0.493 e. The number of amides is 4. The molecule has 1 fully saturated rings. The van der Waals surface area contributed by atoms with Crippen LogP contribution in [0.15, 0.2) is 94.9 Å². The van der Waals surface area contributed by atoms with Crippen molar-refractivity contribution in [2.75, 3.05) is 49.7 Å². The Hall–Kier alpha value is -6.66. The van der Waals surface area contributed by atoms with Gasteiger partial charge in [0.2, 0.25) is 17.7 Å². The molecule has 4 atom stereocenters. The monoisotopic (exact) mass is 1220 g/mol. The summed E-state index contributed by atoms with van der Waals surface area (Å²) in [5.74, 6) is -1.96. The number of nitrogens with one attached hydrogen (secondary N) is 3. The lowest BCUT2D eigenvalue weighted by molar-refractivity contribution is -0.144. The fraction of sp³-hybridized carbons (Fsp3) is 0.390. The number of aromatic nitrogens is 3. The molecule has 4 aromatic carbocycles. The Morgan fingerprint density at radius 2 is 1.70 bits per heavy atom. The van der Waals surface area contributed by atoms with Crippen LogP contribution in [0.4, 0.5) is 10.3 Å². The lowest BCUT2D eigenvalue weighted by Crippen LogP contribution is -2.58. The number of hydrogen-bond donors (Lipinski definition) is 5. The predicted octanol–water partition coefficient (Wildman–Crippen LogP) is 9.77. The van der Waals surface area contributed by atoms with E-state index in [0.717, 1.165) is 53.1 Å². The number of carboxylic acids is 1. The average molecular weight is 1220 g/mol. The number of carboxylic acid groups (broad SMARTS) is 1. The van der Waals surface area contributed by atoms with Crippen LogP contribution >= 0.6 is 49.9 Å². The molecule has 22 heteroatoms. The minimum absolute atomic E-state index is 0.00912. The van der Waals surface area contributed by atoms with E-state index >= 15 is 0 Å². The lowest BCUT2D eigenvalue weighted by Gasteiger charge is -2.35. The lowest BCUT2D eigenvalue weighted by atomic mass is 9.85. The summed E-state index contributed by atoms with van der Waals surface area (Å²) in [6.07, 6.45) is 0.778. The Labute approximate surface area is 490 Å². The highest BCUT2D eigenvalue weighted by molar-refractivity contribution is 9.10. The summed E-state index contributed by atoms with van der Waals surface area (Å²) < 4.78 is 19.7. The van der Waals surface area contributed by atoms with Crippen molar-refractivity contribution in [1.29, 1.82) is 0 Å². The second-order valence-corrected chi connectivity index (χ2v) is 25.0. The molecule has 4 amide bonds. The molecule has 7 aromatic rings. The summed E-state index contributed by atoms with van der Waals surface area (Å²) in [6.45, 7) is 11.3. The van der Waals surface area contributed by atoms with Crippen molar-refractivity contribution < 1.29 is 48.4 Å². The van der Waals surface area contributed by atoms with Gasteiger partial charge in [-0.15, -0.1) is 22.7 Å². The average Bonchev–Trinajstić information content (AvgIpc) is 4.50. The van der Waals surface area contributed by atoms with Crippen molar-refractivity contribution in [3.63, 3.8) is 0 Å². The van der Waals surface area contributed by atoms with Gasteiger partial charge in [0.15, 0.2) is 16.0 Å². The fourth-order valence-electron chi connectivity index (χ4n) is 9.89. The maximum absolute atomic E-state index is 14.2. The van der Waals surface area contributed by atoms with Crippen molar-refractivity contribution in [2.45, 2.75) is 104 Å². The molecular formula is C59H65BrN8O10S3. The van der Waals surface area contributed by atoms with Crippen molar-refractivity contribution in [1.82, 2.24) is 30.5 Å². The molecule has 1 saturated heterocycles. The van der Waals surface area contributed by atoms with Gasteiger partial charge < -0.3 is 44.9 Å². The molecular weight excluding hydrogens is 1160 g/mol. The standard InChI is InChI=1S/C59H65BrN8O10S3/c1-34(36-15-17-38(18-16-36)51-35(2)61-33-79-51)62-54(72)45-29-41(69)30-68(45)55(73)52(59(3,4)5)64-49(70)22-25-76-26-27-77-32-39-28-40(60)19-20-46(39)78-24-9-14-48-50(56(74)75)65-58(81-48)67-23-21-37-10-8-11-42(43(37)31-67)53(71)66-57-63-44-12-6-7-13-47(44)80-57/h6-8,10-13,15-20,28,33-34,41,45,52,69H,9,14,21-27,29-32H2,1-5H3,(H,62,72)(H,64,70)(H,74,75)(H,63,66,71)/t34-,41+,45-,52+/m0/s1. The van der Waals surface area contributed by atoms with E-state index < -0.39 is 41.4 Å². The number of carbonyl (C=O) groups is 5. The highest BCUT2D eigenvalue weighted by Crippen LogP contribution is 2.35. The maximum atomic E-state index is 14.2. The van der Waals surface area contributed by atoms with Crippen LogP contribution in [0.2, 0.25) is 0 Å². The van der Waals surface area contributed by atoms with Crippen LogP contribution in [0, 0.1) is 12.3 Å². The Morgan fingerprint density at radius 1 is 0.914 bits per heavy atom. The van der Waals surface area contributed by atoms with Gasteiger partial charge in [-0.1, -0.05) is 96.6 Å². The number of fused-ring (bicyclic) bond motifs is 2. The number of benzene rings is 4. The number of carbonyl (C=O) groups excluding carboxylic acids is 4. The molecule has 2 aliphatic rings. The number of anilines is 2. The number of aryl methyl sites for hydroxylation is 2. The Bertz CT molecular complexity index is 3360. The number of thiazole rings is 3. The highest BCUT2D eigenvalue weighted by Gasteiger charge is 2.45. The largest absolute Gasteiger partial charge is 0.493 e. The summed E-state index contributed by atoms with van der Waals surface area (Å²) >= 11 is 7.87. The van der Waals surface area contributed by atoms with Crippen LogP contribution in [-0.4, -0.2) is 117 Å². The van der Waals surface area contributed by atoms with E-state index in [2.05, 4.69) is 46.8 Å². The summed E-state index contributed by atoms with van der Waals surface area (Å²) in [5, 5.41) is 30.9. The number of rotatable bonds is 23. The normalized spacial score (nSPS) is 16.0. The summed E-state index contributed by atoms with van der Waals surface area (Å²) in [7, 11) is 0. The van der Waals surface area contributed by atoms with Crippen molar-refractivity contribution >= 4 is 100 Å². The molecule has 2 aliphatic heterocycles. The Balaban J connectivity index is 0.707. The molecule has 18 nitrogen and oxygen atoms in total. The van der Waals surface area contributed by atoms with Crippen LogP contribution in [-0.2, 0) is 49.9 Å². The molecule has 5 heterocycles. The molecule has 5 N–H and O–H groups in total. The van der Waals surface area contributed by atoms with E-state index in [1.165, 1.54) is 27.6 Å². The third-order valence-electron chi connectivity index (χ3n) is 14.2. The predicted molar refractivity (Wildman–Crippen MR) is 317 cm³/mol. The van der Waals surface area contributed by atoms with E-state index in [4.69, 9.17) is 14.2 Å². The molecule has 0 spiro atoms. The molecule has 0 saturated carbocycles. The van der Waals surface area contributed by atoms with E-state index in [0.29, 0.717) is 65.4 Å². The van der Waals surface area contributed by atoms with Gasteiger partial charge in [-0.25, -0.2) is 19.7 Å². The zero-order valence-electron chi connectivity index (χ0n) is 45.7. The first kappa shape index (κ1) is 59.0. The second-order valence-electron chi connectivity index (χ2n) is 21.1. The molecule has 9 rings (SSSR count). The van der Waals surface area contributed by atoms with Gasteiger partial charge in [0.05, 0.1) is 71.5 Å². The first-order chi connectivity index (χ1) is 38.9. The van der Waals surface area contributed by atoms with E-state index in [1.54, 1.807) is 17.4 Å². The maximum Gasteiger partial charge on any atom is 0.355 e. The second kappa shape index (κ2) is 26.5. The third kappa shape index (κ3) is 14.7. The molecule has 0 radical (unpaired) electrons. The van der Waals surface area contributed by atoms with Crippen molar-refractivity contribution in [3.05, 3.63) is 139 Å². The van der Waals surface area contributed by atoms with Crippen LogP contribution in [0.25, 0.3) is 20.7 Å². The van der Waals surface area contributed by atoms with Gasteiger partial charge in [-0.05, 0) is 97.2 Å². The zero-order valence-corrected chi connectivity index (χ0v) is 49.7. The summed E-state index contributed by atoms with van der Waals surface area (Å²) in [5.41, 5.74) is 8.07. The molecule has 0 unspecified atom stereocenters. The Kier molecular flexibility index (Phi) is 19.3. The highest BCUT2D eigenvalue weighted by atomic mass is 79.9. The molecule has 426 valence electrons. The zero-order chi connectivity index (χ0) is 57.4.